The van der Waals surface area contributed by atoms with Crippen molar-refractivity contribution in [2.75, 3.05) is 26.4 Å². The number of esters is 1. The molecule has 4 rings (SSSR count). The van der Waals surface area contributed by atoms with Gasteiger partial charge < -0.3 is 19.1 Å². The zero-order chi connectivity index (χ0) is 27.2. The number of carbonyl (C=O) groups is 2. The number of benzene rings is 3. The number of nitro benzene ring substituents is 1. The zero-order valence-electron chi connectivity index (χ0n) is 21.1. The number of aryl methyl sites for hydroxylation is 1. The average Bonchev–Trinajstić information content (AvgIpc) is 2.92. The highest BCUT2D eigenvalue weighted by atomic mass is 19.1. The number of amides is 1. The molecule has 1 aliphatic heterocycles. The van der Waals surface area contributed by atoms with E-state index in [1.54, 1.807) is 24.3 Å². The van der Waals surface area contributed by atoms with Crippen LogP contribution in [0.1, 0.15) is 34.0 Å². The number of fused-ring (bicyclic) bond motifs is 1. The minimum atomic E-state index is -0.650. The lowest BCUT2D eigenvalue weighted by Gasteiger charge is -2.30. The number of non-ortho nitro benzene ring substituents is 1. The van der Waals surface area contributed by atoms with E-state index < -0.39 is 17.0 Å². The number of carbonyl (C=O) groups excluding carboxylic acids is 2. The molecule has 1 aliphatic rings. The molecule has 9 nitrogen and oxygen atoms in total. The maximum atomic E-state index is 14.8. The van der Waals surface area contributed by atoms with Crippen LogP contribution < -0.4 is 4.74 Å². The molecular formula is C28H27FN2O7. The van der Waals surface area contributed by atoms with Crippen molar-refractivity contribution in [2.24, 2.45) is 0 Å². The van der Waals surface area contributed by atoms with Crippen LogP contribution in [0, 0.1) is 22.9 Å². The maximum Gasteiger partial charge on any atom is 0.415 e. The van der Waals surface area contributed by atoms with E-state index in [4.69, 9.17) is 14.2 Å². The molecule has 0 N–H and O–H groups in total. The van der Waals surface area contributed by atoms with Gasteiger partial charge in [0, 0.05) is 31.8 Å². The molecule has 0 spiro atoms. The Hall–Kier alpha value is -4.31. The number of ether oxygens (including phenoxy) is 3. The summed E-state index contributed by atoms with van der Waals surface area (Å²) in [5, 5.41) is 10.9. The summed E-state index contributed by atoms with van der Waals surface area (Å²) in [6.07, 6.45) is -0.370. The van der Waals surface area contributed by atoms with Gasteiger partial charge in [-0.15, -0.1) is 0 Å². The first kappa shape index (κ1) is 26.7. The lowest BCUT2D eigenvalue weighted by atomic mass is 9.88. The maximum absolute atomic E-state index is 14.8. The summed E-state index contributed by atoms with van der Waals surface area (Å²) < 4.78 is 30.7. The van der Waals surface area contributed by atoms with Crippen molar-refractivity contribution < 1.29 is 33.1 Å². The zero-order valence-corrected chi connectivity index (χ0v) is 21.1. The van der Waals surface area contributed by atoms with Crippen LogP contribution in [0.4, 0.5) is 14.9 Å². The molecule has 1 amide bonds. The fraction of sp³-hybridized carbons (Fsp3) is 0.286. The van der Waals surface area contributed by atoms with Crippen LogP contribution in [-0.2, 0) is 22.4 Å². The van der Waals surface area contributed by atoms with Crippen LogP contribution in [0.5, 0.6) is 5.75 Å². The van der Waals surface area contributed by atoms with Gasteiger partial charge in [0.25, 0.3) is 5.69 Å². The van der Waals surface area contributed by atoms with Crippen molar-refractivity contribution in [3.8, 4) is 16.9 Å². The van der Waals surface area contributed by atoms with Crippen LogP contribution in [0.3, 0.4) is 0 Å². The first-order valence-corrected chi connectivity index (χ1v) is 12.2. The Labute approximate surface area is 218 Å². The Kier molecular flexibility index (Phi) is 8.32. The monoisotopic (exact) mass is 522 g/mol. The molecule has 198 valence electrons. The second kappa shape index (κ2) is 11.8. The highest BCUT2D eigenvalue weighted by molar-refractivity contribution is 5.92. The molecule has 0 saturated carbocycles. The van der Waals surface area contributed by atoms with Crippen molar-refractivity contribution >= 4 is 17.7 Å². The SMILES string of the molecule is CCOCCOC(=O)c1ccc(C)c(-c2ccc(F)c3c2CN(C(=O)Oc2ccc([N+](=O)[O-])cc2)CC3)c1. The molecule has 0 fully saturated rings. The van der Waals surface area contributed by atoms with Gasteiger partial charge in [0.2, 0.25) is 0 Å². The second-order valence-electron chi connectivity index (χ2n) is 8.71. The largest absolute Gasteiger partial charge is 0.460 e. The topological polar surface area (TPSA) is 108 Å². The number of hydrogen-bond acceptors (Lipinski definition) is 7. The Morgan fingerprint density at radius 3 is 2.50 bits per heavy atom. The third-order valence-electron chi connectivity index (χ3n) is 6.29. The van der Waals surface area contributed by atoms with E-state index in [0.29, 0.717) is 35.5 Å². The Morgan fingerprint density at radius 2 is 1.79 bits per heavy atom. The Balaban J connectivity index is 1.57. The molecule has 0 saturated heterocycles. The highest BCUT2D eigenvalue weighted by Crippen LogP contribution is 2.35. The number of rotatable bonds is 8. The molecule has 0 unspecified atom stereocenters. The van der Waals surface area contributed by atoms with Crippen molar-refractivity contribution in [1.29, 1.82) is 0 Å². The highest BCUT2D eigenvalue weighted by Gasteiger charge is 2.27. The number of halogens is 1. The predicted octanol–water partition coefficient (Wildman–Crippen LogP) is 5.46. The summed E-state index contributed by atoms with van der Waals surface area (Å²) >= 11 is 0. The van der Waals surface area contributed by atoms with Gasteiger partial charge in [-0.05, 0) is 78.4 Å². The first-order valence-electron chi connectivity index (χ1n) is 12.2. The van der Waals surface area contributed by atoms with Gasteiger partial charge in [0.1, 0.15) is 18.2 Å². The van der Waals surface area contributed by atoms with Gasteiger partial charge >= 0.3 is 12.1 Å². The molecule has 3 aromatic carbocycles. The predicted molar refractivity (Wildman–Crippen MR) is 137 cm³/mol. The molecule has 0 radical (unpaired) electrons. The van der Waals surface area contributed by atoms with Crippen LogP contribution in [0.25, 0.3) is 11.1 Å². The summed E-state index contributed by atoms with van der Waals surface area (Å²) in [5.74, 6) is -0.691. The van der Waals surface area contributed by atoms with Crippen LogP contribution in [0.15, 0.2) is 54.6 Å². The average molecular weight is 523 g/mol. The molecule has 0 aromatic heterocycles. The minimum Gasteiger partial charge on any atom is -0.460 e. The normalized spacial score (nSPS) is 12.6. The molecule has 3 aromatic rings. The van der Waals surface area contributed by atoms with E-state index in [0.717, 1.165) is 11.1 Å². The van der Waals surface area contributed by atoms with Gasteiger partial charge in [-0.2, -0.15) is 0 Å². The molecular weight excluding hydrogens is 495 g/mol. The van der Waals surface area contributed by atoms with Crippen molar-refractivity contribution in [2.45, 2.75) is 26.8 Å². The lowest BCUT2D eigenvalue weighted by Crippen LogP contribution is -2.38. The minimum absolute atomic E-state index is 0.0940. The molecule has 10 heteroatoms. The molecule has 38 heavy (non-hydrogen) atoms. The Morgan fingerprint density at radius 1 is 1.03 bits per heavy atom. The number of nitrogens with zero attached hydrogens (tertiary/aromatic N) is 2. The molecule has 0 aliphatic carbocycles. The molecule has 0 atom stereocenters. The van der Waals surface area contributed by atoms with E-state index >= 15 is 0 Å². The fourth-order valence-electron chi connectivity index (χ4n) is 4.30. The quantitative estimate of drug-likeness (QED) is 0.167. The van der Waals surface area contributed by atoms with Gasteiger partial charge in [-0.25, -0.2) is 14.0 Å². The van der Waals surface area contributed by atoms with Gasteiger partial charge in [-0.1, -0.05) is 12.1 Å². The summed E-state index contributed by atoms with van der Waals surface area (Å²) in [5.41, 5.74) is 3.67. The van der Waals surface area contributed by atoms with Crippen molar-refractivity contribution in [3.05, 3.63) is 92.8 Å². The van der Waals surface area contributed by atoms with E-state index in [9.17, 15) is 24.1 Å². The third-order valence-corrected chi connectivity index (χ3v) is 6.29. The van der Waals surface area contributed by atoms with E-state index in [2.05, 4.69) is 0 Å². The van der Waals surface area contributed by atoms with Crippen LogP contribution in [0.2, 0.25) is 0 Å². The van der Waals surface area contributed by atoms with Gasteiger partial charge in [0.05, 0.1) is 17.1 Å². The number of hydrogen-bond donors (Lipinski definition) is 0. The summed E-state index contributed by atoms with van der Waals surface area (Å²) in [6, 6.07) is 13.4. The summed E-state index contributed by atoms with van der Waals surface area (Å²) in [7, 11) is 0. The molecule has 1 heterocycles. The van der Waals surface area contributed by atoms with Crippen molar-refractivity contribution in [3.63, 3.8) is 0 Å². The summed E-state index contributed by atoms with van der Waals surface area (Å²) in [4.78, 5) is 37.2. The number of nitro groups is 1. The molecule has 0 bridgehead atoms. The van der Waals surface area contributed by atoms with Crippen LogP contribution >= 0.6 is 0 Å². The lowest BCUT2D eigenvalue weighted by molar-refractivity contribution is -0.384. The van der Waals surface area contributed by atoms with E-state index in [1.165, 1.54) is 35.2 Å². The van der Waals surface area contributed by atoms with E-state index in [1.807, 2.05) is 13.8 Å². The summed E-state index contributed by atoms with van der Waals surface area (Å²) in [6.45, 7) is 5.04. The standard InChI is InChI=1S/C28H27FN2O7/c1-3-36-14-15-37-27(32)19-5-4-18(2)24(16-19)22-10-11-26(29)23-12-13-30(17-25(22)23)28(33)38-21-8-6-20(7-9-21)31(34)35/h4-11,16H,3,12-15,17H2,1-2H3. The fourth-order valence-corrected chi connectivity index (χ4v) is 4.30. The van der Waals surface area contributed by atoms with Crippen molar-refractivity contribution in [1.82, 2.24) is 4.90 Å². The Bertz CT molecular complexity index is 1360. The van der Waals surface area contributed by atoms with Gasteiger partial charge in [-0.3, -0.25) is 10.1 Å². The van der Waals surface area contributed by atoms with Gasteiger partial charge in [0.15, 0.2) is 0 Å². The smallest absolute Gasteiger partial charge is 0.415 e. The van der Waals surface area contributed by atoms with E-state index in [-0.39, 0.29) is 43.4 Å². The third kappa shape index (κ3) is 5.97. The first-order chi connectivity index (χ1) is 18.3. The second-order valence-corrected chi connectivity index (χ2v) is 8.71. The van der Waals surface area contributed by atoms with Crippen LogP contribution in [-0.4, -0.2) is 48.3 Å².